The molecular weight excluding hydrogens is 400 g/mol. The second kappa shape index (κ2) is 7.68. The van der Waals surface area contributed by atoms with Gasteiger partial charge in [0.15, 0.2) is 5.78 Å². The molecule has 1 saturated carbocycles. The summed E-state index contributed by atoms with van der Waals surface area (Å²) in [5.74, 6) is 1.62. The van der Waals surface area contributed by atoms with Gasteiger partial charge in [-0.3, -0.25) is 9.78 Å². The molecule has 1 aromatic carbocycles. The number of ketones is 1. The molecule has 154 valence electrons. The van der Waals surface area contributed by atoms with E-state index in [2.05, 4.69) is 22.2 Å². The molecule has 0 unspecified atom stereocenters. The highest BCUT2D eigenvalue weighted by molar-refractivity contribution is 7.13. The van der Waals surface area contributed by atoms with Crippen molar-refractivity contribution >= 4 is 23.2 Å². The predicted octanol–water partition coefficient (Wildman–Crippen LogP) is 3.97. The summed E-state index contributed by atoms with van der Waals surface area (Å²) >= 11 is 1.62. The topological polar surface area (TPSA) is 77.3 Å². The van der Waals surface area contributed by atoms with Gasteiger partial charge in [-0.15, -0.1) is 11.3 Å². The van der Waals surface area contributed by atoms with Crippen LogP contribution in [0.2, 0.25) is 0 Å². The molecule has 0 N–H and O–H groups in total. The van der Waals surface area contributed by atoms with Crippen molar-refractivity contribution in [3.05, 3.63) is 53.9 Å². The van der Waals surface area contributed by atoms with Gasteiger partial charge >= 0.3 is 6.03 Å². The number of Topliss-reactive ketones (excluding diaryl/α,β-unsaturated/α-hetero) is 1. The number of thiazole rings is 1. The summed E-state index contributed by atoms with van der Waals surface area (Å²) in [6.07, 6.45) is 5.49. The average molecular weight is 423 g/mol. The van der Waals surface area contributed by atoms with Crippen LogP contribution in [0.25, 0.3) is 10.4 Å². The van der Waals surface area contributed by atoms with E-state index in [0.29, 0.717) is 30.6 Å². The molecule has 0 spiro atoms. The van der Waals surface area contributed by atoms with Crippen LogP contribution in [0.4, 0.5) is 4.79 Å². The van der Waals surface area contributed by atoms with Gasteiger partial charge in [-0.1, -0.05) is 12.1 Å². The van der Waals surface area contributed by atoms with Crippen LogP contribution in [0.3, 0.4) is 0 Å². The molecule has 2 aliphatic rings. The average Bonchev–Trinajstić information content (AvgIpc) is 3.50. The molecule has 5 rings (SSSR count). The Kier molecular flexibility index (Phi) is 4.86. The summed E-state index contributed by atoms with van der Waals surface area (Å²) in [5.41, 5.74) is 3.27. The summed E-state index contributed by atoms with van der Waals surface area (Å²) in [6, 6.07) is 9.58. The van der Waals surface area contributed by atoms with Gasteiger partial charge in [-0.25, -0.2) is 4.79 Å². The fourth-order valence-electron chi connectivity index (χ4n) is 4.53. The number of hydrogen-bond donors (Lipinski definition) is 0. The van der Waals surface area contributed by atoms with Gasteiger partial charge < -0.3 is 9.64 Å². The highest BCUT2D eigenvalue weighted by atomic mass is 32.1. The second-order valence-electron chi connectivity index (χ2n) is 8.01. The maximum absolute atomic E-state index is 12.7. The molecule has 2 aromatic heterocycles. The number of likely N-dealkylation sites (tertiary alicyclic amines) is 1. The van der Waals surface area contributed by atoms with E-state index >= 15 is 0 Å². The smallest absolute Gasteiger partial charge is 0.344 e. The lowest BCUT2D eigenvalue weighted by molar-refractivity contribution is 0.101. The molecular formula is C22H22N4O3S. The van der Waals surface area contributed by atoms with Gasteiger partial charge in [0.25, 0.3) is 0 Å². The zero-order valence-electron chi connectivity index (χ0n) is 16.6. The van der Waals surface area contributed by atoms with Crippen LogP contribution in [-0.4, -0.2) is 50.7 Å². The molecule has 8 heteroatoms. The van der Waals surface area contributed by atoms with Gasteiger partial charge in [-0.05, 0) is 48.4 Å². The van der Waals surface area contributed by atoms with Crippen molar-refractivity contribution < 1.29 is 14.3 Å². The minimum Gasteiger partial charge on any atom is -0.490 e. The number of fused-ring (bicyclic) bond motifs is 1. The number of amides is 1. The summed E-state index contributed by atoms with van der Waals surface area (Å²) in [7, 11) is 0. The van der Waals surface area contributed by atoms with Crippen LogP contribution in [0.1, 0.15) is 30.3 Å². The number of benzene rings is 1. The van der Waals surface area contributed by atoms with E-state index in [0.717, 1.165) is 29.0 Å². The van der Waals surface area contributed by atoms with E-state index in [1.165, 1.54) is 11.6 Å². The molecule has 3 aromatic rings. The van der Waals surface area contributed by atoms with Crippen molar-refractivity contribution in [2.24, 2.45) is 11.8 Å². The van der Waals surface area contributed by atoms with E-state index in [-0.39, 0.29) is 17.9 Å². The van der Waals surface area contributed by atoms with Crippen LogP contribution in [-0.2, 0) is 0 Å². The third-order valence-corrected chi connectivity index (χ3v) is 6.80. The minimum absolute atomic E-state index is 0.140. The molecule has 0 radical (unpaired) electrons. The Morgan fingerprint density at radius 1 is 1.17 bits per heavy atom. The van der Waals surface area contributed by atoms with Crippen LogP contribution >= 0.6 is 11.3 Å². The van der Waals surface area contributed by atoms with Crippen molar-refractivity contribution in [3.8, 4) is 16.2 Å². The number of ether oxygens (including phenoxy) is 1. The van der Waals surface area contributed by atoms with Crippen LogP contribution in [0, 0.1) is 11.8 Å². The maximum atomic E-state index is 12.7. The Morgan fingerprint density at radius 3 is 2.63 bits per heavy atom. The fraction of sp³-hybridized carbons (Fsp3) is 0.364. The molecule has 1 aliphatic carbocycles. The standard InChI is InChI=1S/C22H22N4O3S/c1-14(27)20-5-6-26(24-20)22(28)25-11-16-8-19(9-17(16)12-25)29-18-4-2-3-15(7-18)21-10-23-13-30-21/h2-7,10,13,16-17,19H,8-9,11-12H2,1H3/t16-,17+,19+. The highest BCUT2D eigenvalue weighted by Crippen LogP contribution is 2.40. The zero-order chi connectivity index (χ0) is 20.7. The molecule has 30 heavy (non-hydrogen) atoms. The number of rotatable bonds is 4. The second-order valence-corrected chi connectivity index (χ2v) is 8.90. The Balaban J connectivity index is 1.20. The van der Waals surface area contributed by atoms with Crippen LogP contribution in [0.5, 0.6) is 5.75 Å². The van der Waals surface area contributed by atoms with E-state index in [4.69, 9.17) is 4.74 Å². The lowest BCUT2D eigenvalue weighted by Crippen LogP contribution is -2.34. The number of nitrogens with zero attached hydrogens (tertiary/aromatic N) is 4. The molecule has 3 heterocycles. The SMILES string of the molecule is CC(=O)c1ccn(C(=O)N2C[C@H]3C[C@H](Oc4cccc(-c5cncs5)c4)C[C@H]3C2)n1. The number of hydrogen-bond acceptors (Lipinski definition) is 6. The lowest BCUT2D eigenvalue weighted by Gasteiger charge is -2.20. The number of aromatic nitrogens is 3. The molecule has 1 amide bonds. The first kappa shape index (κ1) is 19.0. The van der Waals surface area contributed by atoms with Gasteiger partial charge in [0.05, 0.1) is 16.5 Å². The summed E-state index contributed by atoms with van der Waals surface area (Å²) in [6.45, 7) is 2.86. The lowest BCUT2D eigenvalue weighted by atomic mass is 10.0. The summed E-state index contributed by atoms with van der Waals surface area (Å²) < 4.78 is 7.56. The third-order valence-electron chi connectivity index (χ3n) is 5.98. The maximum Gasteiger partial charge on any atom is 0.344 e. The van der Waals surface area contributed by atoms with Gasteiger partial charge in [0, 0.05) is 32.4 Å². The van der Waals surface area contributed by atoms with Crippen molar-refractivity contribution in [3.63, 3.8) is 0 Å². The Bertz CT molecular complexity index is 1060. The van der Waals surface area contributed by atoms with Crippen molar-refractivity contribution in [2.75, 3.05) is 13.1 Å². The molecule has 2 fully saturated rings. The van der Waals surface area contributed by atoms with Crippen molar-refractivity contribution in [1.29, 1.82) is 0 Å². The van der Waals surface area contributed by atoms with Crippen molar-refractivity contribution in [1.82, 2.24) is 19.7 Å². The Labute approximate surface area is 178 Å². The molecule has 0 bridgehead atoms. The van der Waals surface area contributed by atoms with E-state index in [1.54, 1.807) is 23.6 Å². The monoisotopic (exact) mass is 422 g/mol. The van der Waals surface area contributed by atoms with E-state index < -0.39 is 0 Å². The van der Waals surface area contributed by atoms with Gasteiger partial charge in [0.2, 0.25) is 0 Å². The predicted molar refractivity (Wildman–Crippen MR) is 113 cm³/mol. The van der Waals surface area contributed by atoms with E-state index in [9.17, 15) is 9.59 Å². The van der Waals surface area contributed by atoms with Gasteiger partial charge in [-0.2, -0.15) is 9.78 Å². The van der Waals surface area contributed by atoms with Crippen molar-refractivity contribution in [2.45, 2.75) is 25.9 Å². The first-order valence-electron chi connectivity index (χ1n) is 10.1. The summed E-state index contributed by atoms with van der Waals surface area (Å²) in [4.78, 5) is 31.3. The first-order chi connectivity index (χ1) is 14.6. The van der Waals surface area contributed by atoms with Crippen LogP contribution < -0.4 is 4.74 Å². The number of carbonyl (C=O) groups is 2. The summed E-state index contributed by atoms with van der Waals surface area (Å²) in [5, 5.41) is 4.10. The molecule has 1 aliphatic heterocycles. The Morgan fingerprint density at radius 2 is 1.97 bits per heavy atom. The van der Waals surface area contributed by atoms with Gasteiger partial charge in [0.1, 0.15) is 11.4 Å². The fourth-order valence-corrected chi connectivity index (χ4v) is 5.15. The normalized spacial score (nSPS) is 22.8. The first-order valence-corrected chi connectivity index (χ1v) is 11.0. The quantitative estimate of drug-likeness (QED) is 0.595. The number of carbonyl (C=O) groups excluding carboxylic acids is 2. The molecule has 7 nitrogen and oxygen atoms in total. The zero-order valence-corrected chi connectivity index (χ0v) is 17.4. The Hall–Kier alpha value is -3.00. The third kappa shape index (κ3) is 3.63. The van der Waals surface area contributed by atoms with Crippen LogP contribution in [0.15, 0.2) is 48.2 Å². The minimum atomic E-state index is -0.161. The molecule has 3 atom stereocenters. The highest BCUT2D eigenvalue weighted by Gasteiger charge is 2.43. The molecule has 1 saturated heterocycles. The largest absolute Gasteiger partial charge is 0.490 e. The van der Waals surface area contributed by atoms with E-state index in [1.807, 2.05) is 28.7 Å².